The molecular weight excluding hydrogens is 234 g/mol. The molecule has 1 saturated carbocycles. The van der Waals surface area contributed by atoms with Crippen LogP contribution in [0.25, 0.3) is 0 Å². The van der Waals surface area contributed by atoms with E-state index in [1.807, 2.05) is 20.8 Å². The first-order valence-corrected chi connectivity index (χ1v) is 7.89. The van der Waals surface area contributed by atoms with Crippen LogP contribution in [-0.2, 0) is 16.1 Å². The van der Waals surface area contributed by atoms with E-state index < -0.39 is 11.4 Å². The maximum atomic E-state index is 12.2. The summed E-state index contributed by atoms with van der Waals surface area (Å²) < 4.78 is 20.9. The number of nitrogens with one attached hydrogen (secondary N) is 1. The molecule has 2 unspecified atom stereocenters. The molecule has 2 fully saturated rings. The Morgan fingerprint density at radius 2 is 1.65 bits per heavy atom. The van der Waals surface area contributed by atoms with Gasteiger partial charge in [-0.3, -0.25) is 0 Å². The lowest BCUT2D eigenvalue weighted by molar-refractivity contribution is 0.0538. The summed E-state index contributed by atoms with van der Waals surface area (Å²) in [7, 11) is 0. The van der Waals surface area contributed by atoms with Gasteiger partial charge in [-0.1, -0.05) is 0 Å². The molecule has 1 N–H and O–H groups in total. The minimum Gasteiger partial charge on any atom is -0.598 e. The summed E-state index contributed by atoms with van der Waals surface area (Å²) in [5, 5.41) is 0. The molecule has 0 amide bonds. The molecule has 3 nitrogen and oxygen atoms in total. The van der Waals surface area contributed by atoms with Crippen LogP contribution in [0.3, 0.4) is 0 Å². The molecule has 0 spiro atoms. The van der Waals surface area contributed by atoms with Gasteiger partial charge in [-0.25, -0.2) is 0 Å². The Balaban J connectivity index is 1.92. The van der Waals surface area contributed by atoms with Crippen molar-refractivity contribution in [2.24, 2.45) is 11.8 Å². The molecule has 2 rings (SSSR count). The largest absolute Gasteiger partial charge is 0.598 e. The maximum Gasteiger partial charge on any atom is 0.136 e. The van der Waals surface area contributed by atoms with Gasteiger partial charge < -0.3 is 9.29 Å². The van der Waals surface area contributed by atoms with Crippen molar-refractivity contribution in [3.63, 3.8) is 0 Å². The van der Waals surface area contributed by atoms with Gasteiger partial charge in [0.25, 0.3) is 0 Å². The Morgan fingerprint density at radius 1 is 1.12 bits per heavy atom. The first-order valence-electron chi connectivity index (χ1n) is 6.74. The standard InChI is InChI=1S/C13H25NO2S/c1-13(2,3)17(15)14-12(10-4-5-10)11-6-8-16-9-7-11/h10-12,14H,4-9H2,1-3H3. The Labute approximate surface area is 108 Å². The average molecular weight is 259 g/mol. The van der Waals surface area contributed by atoms with Crippen molar-refractivity contribution in [2.45, 2.75) is 57.2 Å². The van der Waals surface area contributed by atoms with Gasteiger partial charge in [0.2, 0.25) is 0 Å². The quantitative estimate of drug-likeness (QED) is 0.788. The van der Waals surface area contributed by atoms with Gasteiger partial charge >= 0.3 is 0 Å². The number of ether oxygens (including phenoxy) is 1. The molecule has 2 atom stereocenters. The summed E-state index contributed by atoms with van der Waals surface area (Å²) in [6.45, 7) is 7.84. The Bertz CT molecular complexity index is 244. The van der Waals surface area contributed by atoms with E-state index in [1.54, 1.807) is 0 Å². The first kappa shape index (κ1) is 13.7. The molecule has 100 valence electrons. The third kappa shape index (κ3) is 3.85. The molecule has 2 aliphatic rings. The van der Waals surface area contributed by atoms with Gasteiger partial charge in [-0.05, 0) is 58.3 Å². The Kier molecular flexibility index (Phi) is 4.40. The van der Waals surface area contributed by atoms with E-state index in [-0.39, 0.29) is 4.75 Å². The molecule has 0 bridgehead atoms. The van der Waals surface area contributed by atoms with Crippen molar-refractivity contribution in [1.29, 1.82) is 0 Å². The molecule has 0 aromatic rings. The fourth-order valence-corrected chi connectivity index (χ4v) is 3.39. The van der Waals surface area contributed by atoms with Crippen LogP contribution >= 0.6 is 0 Å². The van der Waals surface area contributed by atoms with Crippen LogP contribution in [0.4, 0.5) is 0 Å². The summed E-state index contributed by atoms with van der Waals surface area (Å²) in [6.07, 6.45) is 4.84. The second kappa shape index (κ2) is 5.47. The normalized spacial score (nSPS) is 26.8. The number of rotatable bonds is 4. The molecule has 4 heteroatoms. The smallest absolute Gasteiger partial charge is 0.136 e. The number of hydrogen-bond acceptors (Lipinski definition) is 3. The van der Waals surface area contributed by atoms with Crippen molar-refractivity contribution in [1.82, 2.24) is 4.72 Å². The molecule has 0 radical (unpaired) electrons. The lowest BCUT2D eigenvalue weighted by Crippen LogP contribution is -2.49. The van der Waals surface area contributed by atoms with E-state index in [1.165, 1.54) is 12.8 Å². The van der Waals surface area contributed by atoms with Crippen LogP contribution in [0, 0.1) is 11.8 Å². The van der Waals surface area contributed by atoms with Crippen molar-refractivity contribution in [3.05, 3.63) is 0 Å². The highest BCUT2D eigenvalue weighted by molar-refractivity contribution is 7.90. The van der Waals surface area contributed by atoms with Crippen molar-refractivity contribution in [3.8, 4) is 0 Å². The van der Waals surface area contributed by atoms with Gasteiger partial charge in [0, 0.05) is 24.6 Å². The molecule has 17 heavy (non-hydrogen) atoms. The third-order valence-electron chi connectivity index (χ3n) is 3.70. The summed E-state index contributed by atoms with van der Waals surface area (Å²) >= 11 is -0.940. The van der Waals surface area contributed by atoms with E-state index in [0.29, 0.717) is 12.0 Å². The molecule has 0 aromatic carbocycles. The first-order chi connectivity index (χ1) is 7.98. The fourth-order valence-electron chi connectivity index (χ4n) is 2.41. The lowest BCUT2D eigenvalue weighted by Gasteiger charge is -2.34. The Morgan fingerprint density at radius 3 is 2.12 bits per heavy atom. The predicted molar refractivity (Wildman–Crippen MR) is 71.1 cm³/mol. The average Bonchev–Trinajstić information content (AvgIpc) is 3.09. The summed E-state index contributed by atoms with van der Waals surface area (Å²) in [5.41, 5.74) is 0. The van der Waals surface area contributed by atoms with E-state index in [4.69, 9.17) is 4.74 Å². The van der Waals surface area contributed by atoms with Gasteiger partial charge in [0.1, 0.15) is 4.75 Å². The highest BCUT2D eigenvalue weighted by Gasteiger charge is 2.41. The third-order valence-corrected chi connectivity index (χ3v) is 5.30. The topological polar surface area (TPSA) is 44.3 Å². The molecule has 1 heterocycles. The number of hydrogen-bond donors (Lipinski definition) is 1. The predicted octanol–water partition coefficient (Wildman–Crippen LogP) is 2.24. The summed E-state index contributed by atoms with van der Waals surface area (Å²) in [5.74, 6) is 1.41. The minimum atomic E-state index is -0.940. The van der Waals surface area contributed by atoms with E-state index in [0.717, 1.165) is 32.0 Å². The van der Waals surface area contributed by atoms with Gasteiger partial charge in [0.05, 0.1) is 6.04 Å². The van der Waals surface area contributed by atoms with Crippen LogP contribution in [0.2, 0.25) is 0 Å². The van der Waals surface area contributed by atoms with Gasteiger partial charge in [-0.2, -0.15) is 0 Å². The van der Waals surface area contributed by atoms with Crippen LogP contribution in [0.1, 0.15) is 46.5 Å². The maximum absolute atomic E-state index is 12.2. The van der Waals surface area contributed by atoms with Crippen molar-refractivity contribution >= 4 is 11.4 Å². The monoisotopic (exact) mass is 259 g/mol. The van der Waals surface area contributed by atoms with Gasteiger partial charge in [-0.15, -0.1) is 4.72 Å². The Hall–Kier alpha value is 0.230. The highest BCUT2D eigenvalue weighted by atomic mass is 32.2. The molecule has 1 aliphatic heterocycles. The van der Waals surface area contributed by atoms with Crippen LogP contribution in [0.15, 0.2) is 0 Å². The highest BCUT2D eigenvalue weighted by Crippen LogP contribution is 2.39. The van der Waals surface area contributed by atoms with E-state index in [9.17, 15) is 4.55 Å². The second-order valence-electron chi connectivity index (χ2n) is 6.31. The van der Waals surface area contributed by atoms with Crippen molar-refractivity contribution in [2.75, 3.05) is 13.2 Å². The zero-order valence-corrected chi connectivity index (χ0v) is 12.0. The lowest BCUT2D eigenvalue weighted by atomic mass is 9.89. The molecular formula is C13H25NO2S. The zero-order chi connectivity index (χ0) is 12.5. The molecule has 0 aromatic heterocycles. The SMILES string of the molecule is CC(C)(C)[S+]([O-])NC(C1CCOCC1)C1CC1. The fraction of sp³-hybridized carbons (Fsp3) is 1.00. The van der Waals surface area contributed by atoms with Crippen LogP contribution in [0.5, 0.6) is 0 Å². The van der Waals surface area contributed by atoms with Crippen LogP contribution < -0.4 is 4.72 Å². The molecule has 1 aliphatic carbocycles. The molecule has 1 saturated heterocycles. The van der Waals surface area contributed by atoms with E-state index in [2.05, 4.69) is 4.72 Å². The second-order valence-corrected chi connectivity index (χ2v) is 8.31. The summed E-state index contributed by atoms with van der Waals surface area (Å²) in [4.78, 5) is 0. The van der Waals surface area contributed by atoms with Crippen LogP contribution in [-0.4, -0.2) is 28.6 Å². The zero-order valence-electron chi connectivity index (χ0n) is 11.2. The minimum absolute atomic E-state index is 0.168. The summed E-state index contributed by atoms with van der Waals surface area (Å²) in [6, 6.07) is 0.443. The van der Waals surface area contributed by atoms with Crippen molar-refractivity contribution < 1.29 is 9.29 Å². The van der Waals surface area contributed by atoms with Gasteiger partial charge in [0.15, 0.2) is 0 Å². The van der Waals surface area contributed by atoms with E-state index >= 15 is 0 Å².